The van der Waals surface area contributed by atoms with Crippen molar-refractivity contribution in [3.8, 4) is 5.75 Å². The van der Waals surface area contributed by atoms with Crippen LogP contribution in [0.2, 0.25) is 0 Å². The van der Waals surface area contributed by atoms with Crippen molar-refractivity contribution in [1.82, 2.24) is 4.90 Å². The van der Waals surface area contributed by atoms with Gasteiger partial charge >= 0.3 is 17.9 Å². The minimum Gasteiger partial charge on any atom is -0.488 e. The average molecular weight is 596 g/mol. The van der Waals surface area contributed by atoms with Crippen LogP contribution >= 0.6 is 11.6 Å². The lowest BCUT2D eigenvalue weighted by molar-refractivity contribution is -0.181. The zero-order valence-corrected chi connectivity index (χ0v) is 24.1. The van der Waals surface area contributed by atoms with Crippen molar-refractivity contribution in [3.05, 3.63) is 102 Å². The SMILES string of the molecule is CN(C)C(COc1ccccc1)OC(=O)CC(O)(C(=O)O)C(C(=O)O)/C(=C(/CCCl)c1ccccc1)c1ccccc1. The molecule has 10 heteroatoms. The molecule has 3 rings (SSSR count). The molecule has 0 radical (unpaired) electrons. The summed E-state index contributed by atoms with van der Waals surface area (Å²) in [4.78, 5) is 40.3. The number of hydrogen-bond donors (Lipinski definition) is 3. The highest BCUT2D eigenvalue weighted by Crippen LogP contribution is 2.41. The first-order chi connectivity index (χ1) is 20.1. The second-order valence-corrected chi connectivity index (χ2v) is 10.2. The van der Waals surface area contributed by atoms with Crippen LogP contribution in [0.15, 0.2) is 91.0 Å². The molecule has 9 nitrogen and oxygen atoms in total. The summed E-state index contributed by atoms with van der Waals surface area (Å²) < 4.78 is 11.2. The topological polar surface area (TPSA) is 134 Å². The number of allylic oxidation sites excluding steroid dienone is 1. The lowest BCUT2D eigenvalue weighted by Crippen LogP contribution is -2.52. The number of esters is 1. The molecule has 0 amide bonds. The fourth-order valence-electron chi connectivity index (χ4n) is 4.56. The number of carbonyl (C=O) groups is 3. The largest absolute Gasteiger partial charge is 0.488 e. The molecule has 0 aromatic heterocycles. The number of rotatable bonds is 15. The summed E-state index contributed by atoms with van der Waals surface area (Å²) in [5.41, 5.74) is -1.66. The number of carbonyl (C=O) groups excluding carboxylic acids is 1. The highest BCUT2D eigenvalue weighted by atomic mass is 35.5. The molecule has 3 aromatic rings. The van der Waals surface area contributed by atoms with Crippen molar-refractivity contribution in [2.75, 3.05) is 26.6 Å². The van der Waals surface area contributed by atoms with Gasteiger partial charge in [-0.2, -0.15) is 0 Å². The number of likely N-dealkylation sites (N-methyl/N-ethyl adjacent to an activating group) is 1. The van der Waals surface area contributed by atoms with Gasteiger partial charge in [-0.3, -0.25) is 14.5 Å². The fraction of sp³-hybridized carbons (Fsp3) is 0.281. The monoisotopic (exact) mass is 595 g/mol. The highest BCUT2D eigenvalue weighted by Gasteiger charge is 2.53. The van der Waals surface area contributed by atoms with Gasteiger partial charge in [0.25, 0.3) is 0 Å². The zero-order chi connectivity index (χ0) is 30.7. The maximum Gasteiger partial charge on any atom is 0.337 e. The molecule has 42 heavy (non-hydrogen) atoms. The number of aliphatic carboxylic acids is 2. The van der Waals surface area contributed by atoms with Crippen LogP contribution in [0.5, 0.6) is 5.75 Å². The Hall–Kier alpha value is -4.18. The van der Waals surface area contributed by atoms with Crippen LogP contribution in [0, 0.1) is 5.92 Å². The molecule has 0 saturated heterocycles. The average Bonchev–Trinajstić information content (AvgIpc) is 2.97. The zero-order valence-electron chi connectivity index (χ0n) is 23.4. The molecule has 3 atom stereocenters. The van der Waals surface area contributed by atoms with Crippen LogP contribution in [-0.4, -0.2) is 76.5 Å². The van der Waals surface area contributed by atoms with E-state index in [-0.39, 0.29) is 24.5 Å². The van der Waals surface area contributed by atoms with Crippen LogP contribution in [0.3, 0.4) is 0 Å². The van der Waals surface area contributed by atoms with E-state index < -0.39 is 42.1 Å². The Morgan fingerprint density at radius 2 is 1.38 bits per heavy atom. The highest BCUT2D eigenvalue weighted by molar-refractivity contribution is 6.19. The van der Waals surface area contributed by atoms with Gasteiger partial charge in [-0.25, -0.2) is 4.79 Å². The molecule has 0 bridgehead atoms. The molecular weight excluding hydrogens is 562 g/mol. The third-order valence-electron chi connectivity index (χ3n) is 6.65. The van der Waals surface area contributed by atoms with Gasteiger partial charge in [0.1, 0.15) is 18.3 Å². The van der Waals surface area contributed by atoms with Gasteiger partial charge in [0.15, 0.2) is 11.8 Å². The van der Waals surface area contributed by atoms with Gasteiger partial charge in [0.05, 0.1) is 6.42 Å². The standard InChI is InChI=1S/C32H34ClNO8/c1-34(2)26(21-41-24-16-10-5-11-17-24)42-27(35)20-32(40,31(38)39)29(30(36)37)28(23-14-8-4-9-15-23)25(18-19-33)22-12-6-3-7-13-22/h3-17,26,29,40H,18-21H2,1-2H3,(H,36,37)(H,38,39)/b28-25-. The number of carboxylic acids is 2. The van der Waals surface area contributed by atoms with E-state index in [1.165, 1.54) is 0 Å². The third kappa shape index (κ3) is 8.19. The summed E-state index contributed by atoms with van der Waals surface area (Å²) in [6.45, 7) is -0.0976. The summed E-state index contributed by atoms with van der Waals surface area (Å²) in [5.74, 6) is -6.09. The van der Waals surface area contributed by atoms with Crippen LogP contribution in [-0.2, 0) is 19.1 Å². The summed E-state index contributed by atoms with van der Waals surface area (Å²) in [5, 5.41) is 32.4. The number of nitrogens with zero attached hydrogens (tertiary/aromatic N) is 1. The van der Waals surface area contributed by atoms with Gasteiger partial charge in [-0.1, -0.05) is 78.9 Å². The van der Waals surface area contributed by atoms with E-state index in [2.05, 4.69) is 0 Å². The normalized spacial score (nSPS) is 14.7. The number of hydrogen-bond acceptors (Lipinski definition) is 7. The minimum atomic E-state index is -3.09. The molecule has 3 N–H and O–H groups in total. The fourth-order valence-corrected chi connectivity index (χ4v) is 4.74. The lowest BCUT2D eigenvalue weighted by Gasteiger charge is -2.33. The van der Waals surface area contributed by atoms with Gasteiger partial charge in [0.2, 0.25) is 0 Å². The molecule has 0 fully saturated rings. The Labute approximate surface area is 249 Å². The number of carboxylic acid groups (broad SMARTS) is 2. The molecule has 222 valence electrons. The van der Waals surface area contributed by atoms with E-state index in [4.69, 9.17) is 21.1 Å². The van der Waals surface area contributed by atoms with Crippen molar-refractivity contribution < 1.29 is 39.2 Å². The third-order valence-corrected chi connectivity index (χ3v) is 6.84. The first-order valence-electron chi connectivity index (χ1n) is 13.2. The molecule has 0 spiro atoms. The van der Waals surface area contributed by atoms with Crippen LogP contribution in [0.1, 0.15) is 24.0 Å². The molecule has 0 saturated carbocycles. The Balaban J connectivity index is 2.05. The Morgan fingerprint density at radius 3 is 1.86 bits per heavy atom. The van der Waals surface area contributed by atoms with E-state index in [0.717, 1.165) is 0 Å². The number of ether oxygens (including phenoxy) is 2. The summed E-state index contributed by atoms with van der Waals surface area (Å²) in [7, 11) is 3.26. The minimum absolute atomic E-state index is 0.0317. The number of benzene rings is 3. The van der Waals surface area contributed by atoms with Crippen molar-refractivity contribution in [2.45, 2.75) is 24.7 Å². The van der Waals surface area contributed by atoms with Crippen LogP contribution in [0.25, 0.3) is 11.1 Å². The van der Waals surface area contributed by atoms with Gasteiger partial charge in [-0.05, 0) is 54.9 Å². The quantitative estimate of drug-likeness (QED) is 0.0994. The van der Waals surface area contributed by atoms with E-state index in [9.17, 15) is 29.7 Å². The molecule has 3 aromatic carbocycles. The van der Waals surface area contributed by atoms with Crippen LogP contribution in [0.4, 0.5) is 0 Å². The Morgan fingerprint density at radius 1 is 0.857 bits per heavy atom. The van der Waals surface area contributed by atoms with Crippen molar-refractivity contribution in [3.63, 3.8) is 0 Å². The second-order valence-electron chi connectivity index (χ2n) is 9.77. The summed E-state index contributed by atoms with van der Waals surface area (Å²) in [6, 6.07) is 25.9. The molecule has 0 aliphatic carbocycles. The van der Waals surface area contributed by atoms with Gasteiger partial charge < -0.3 is 24.8 Å². The second kappa shape index (κ2) is 15.2. The number of halogens is 1. The maximum atomic E-state index is 13.2. The summed E-state index contributed by atoms with van der Waals surface area (Å²) in [6.07, 6.45) is -1.94. The van der Waals surface area contributed by atoms with E-state index in [1.807, 2.05) is 6.07 Å². The predicted octanol–water partition coefficient (Wildman–Crippen LogP) is 4.64. The predicted molar refractivity (Wildman–Crippen MR) is 159 cm³/mol. The number of para-hydroxylation sites is 1. The molecule has 0 aliphatic heterocycles. The van der Waals surface area contributed by atoms with Crippen LogP contribution < -0.4 is 4.74 Å². The van der Waals surface area contributed by atoms with E-state index in [0.29, 0.717) is 22.4 Å². The smallest absolute Gasteiger partial charge is 0.337 e. The number of alkyl halides is 1. The Kier molecular flexibility index (Phi) is 11.7. The first-order valence-corrected chi connectivity index (χ1v) is 13.7. The van der Waals surface area contributed by atoms with E-state index >= 15 is 0 Å². The van der Waals surface area contributed by atoms with Gasteiger partial charge in [-0.15, -0.1) is 11.6 Å². The van der Waals surface area contributed by atoms with Crippen molar-refractivity contribution >= 4 is 40.7 Å². The first kappa shape index (κ1) is 32.3. The van der Waals surface area contributed by atoms with Crippen molar-refractivity contribution in [1.29, 1.82) is 0 Å². The lowest BCUT2D eigenvalue weighted by atomic mass is 9.74. The molecule has 0 aliphatic rings. The summed E-state index contributed by atoms with van der Waals surface area (Å²) >= 11 is 6.13. The van der Waals surface area contributed by atoms with Gasteiger partial charge in [0, 0.05) is 5.88 Å². The van der Waals surface area contributed by atoms with E-state index in [1.54, 1.807) is 104 Å². The molecule has 0 heterocycles. The van der Waals surface area contributed by atoms with Crippen molar-refractivity contribution in [2.24, 2.45) is 5.92 Å². The maximum absolute atomic E-state index is 13.2. The molecule has 3 unspecified atom stereocenters. The number of aliphatic hydroxyl groups is 1. The Bertz CT molecular complexity index is 1370. The molecular formula is C32H34ClNO8.